The van der Waals surface area contributed by atoms with E-state index in [0.717, 1.165) is 5.56 Å². The van der Waals surface area contributed by atoms with E-state index in [1.54, 1.807) is 6.92 Å². The van der Waals surface area contributed by atoms with Crippen LogP contribution in [0.15, 0.2) is 30.3 Å². The summed E-state index contributed by atoms with van der Waals surface area (Å²) in [5.74, 6) is -0.675. The van der Waals surface area contributed by atoms with Crippen molar-refractivity contribution >= 4 is 11.8 Å². The highest BCUT2D eigenvalue weighted by Crippen LogP contribution is 2.21. The Morgan fingerprint density at radius 2 is 2.16 bits per heavy atom. The molecule has 0 radical (unpaired) electrons. The fourth-order valence-electron chi connectivity index (χ4n) is 2.17. The first-order chi connectivity index (χ1) is 9.05. The fourth-order valence-corrected chi connectivity index (χ4v) is 2.17. The number of amides is 2. The van der Waals surface area contributed by atoms with Crippen molar-refractivity contribution in [3.05, 3.63) is 35.9 Å². The molecule has 3 N–H and O–H groups in total. The van der Waals surface area contributed by atoms with Gasteiger partial charge >= 0.3 is 0 Å². The lowest BCUT2D eigenvalue weighted by atomic mass is 9.92. The molecule has 2 amide bonds. The van der Waals surface area contributed by atoms with Gasteiger partial charge in [0.05, 0.1) is 18.1 Å². The molecule has 102 valence electrons. The smallest absolute Gasteiger partial charge is 0.226 e. The molecule has 0 saturated carbocycles. The molecule has 2 rings (SSSR count). The van der Waals surface area contributed by atoms with E-state index in [-0.39, 0.29) is 30.8 Å². The van der Waals surface area contributed by atoms with Crippen LogP contribution in [-0.2, 0) is 15.1 Å². The maximum absolute atomic E-state index is 12.1. The molecule has 5 nitrogen and oxygen atoms in total. The van der Waals surface area contributed by atoms with Gasteiger partial charge in [-0.1, -0.05) is 30.3 Å². The maximum Gasteiger partial charge on any atom is 0.226 e. The van der Waals surface area contributed by atoms with Crippen LogP contribution in [0.4, 0.5) is 0 Å². The van der Waals surface area contributed by atoms with Gasteiger partial charge in [-0.25, -0.2) is 0 Å². The number of carbonyl (C=O) groups excluding carboxylic acids is 2. The van der Waals surface area contributed by atoms with E-state index in [4.69, 9.17) is 0 Å². The quantitative estimate of drug-likeness (QED) is 0.722. The molecule has 1 aromatic rings. The number of nitrogens with one attached hydrogen (secondary N) is 2. The number of aliphatic hydroxyl groups is 1. The van der Waals surface area contributed by atoms with Gasteiger partial charge in [-0.05, 0) is 12.5 Å². The van der Waals surface area contributed by atoms with E-state index in [1.807, 2.05) is 30.3 Å². The van der Waals surface area contributed by atoms with Crippen LogP contribution in [0, 0.1) is 5.92 Å². The third-order valence-electron chi connectivity index (χ3n) is 3.47. The van der Waals surface area contributed by atoms with Crippen molar-refractivity contribution in [3.63, 3.8) is 0 Å². The zero-order valence-electron chi connectivity index (χ0n) is 10.8. The predicted molar refractivity (Wildman–Crippen MR) is 70.1 cm³/mol. The van der Waals surface area contributed by atoms with Crippen molar-refractivity contribution < 1.29 is 14.7 Å². The second kappa shape index (κ2) is 5.40. The lowest BCUT2D eigenvalue weighted by Crippen LogP contribution is -2.48. The first-order valence-corrected chi connectivity index (χ1v) is 6.30. The molecular formula is C14H18N2O3. The molecule has 2 atom stereocenters. The number of aliphatic hydroxyl groups excluding tert-OH is 1. The van der Waals surface area contributed by atoms with Crippen LogP contribution in [0.25, 0.3) is 0 Å². The minimum Gasteiger partial charge on any atom is -0.394 e. The van der Waals surface area contributed by atoms with Crippen molar-refractivity contribution in [2.24, 2.45) is 5.92 Å². The number of hydrogen-bond donors (Lipinski definition) is 3. The van der Waals surface area contributed by atoms with Gasteiger partial charge in [-0.15, -0.1) is 0 Å². The van der Waals surface area contributed by atoms with Crippen LogP contribution in [0.5, 0.6) is 0 Å². The number of carbonyl (C=O) groups is 2. The Balaban J connectivity index is 2.10. The fraction of sp³-hybridized carbons (Fsp3) is 0.429. The molecule has 5 heteroatoms. The second-order valence-electron chi connectivity index (χ2n) is 5.05. The van der Waals surface area contributed by atoms with Crippen molar-refractivity contribution in [3.8, 4) is 0 Å². The molecule has 0 aromatic heterocycles. The van der Waals surface area contributed by atoms with E-state index in [1.165, 1.54) is 0 Å². The minimum atomic E-state index is -0.829. The normalized spacial score (nSPS) is 21.6. The summed E-state index contributed by atoms with van der Waals surface area (Å²) in [6.07, 6.45) is 0.210. The van der Waals surface area contributed by atoms with Crippen LogP contribution in [0.3, 0.4) is 0 Å². The predicted octanol–water partition coefficient (Wildman–Crippen LogP) is 0.146. The van der Waals surface area contributed by atoms with Crippen molar-refractivity contribution in [2.75, 3.05) is 13.2 Å². The Labute approximate surface area is 112 Å². The summed E-state index contributed by atoms with van der Waals surface area (Å²) in [7, 11) is 0. The maximum atomic E-state index is 12.1. The Hall–Kier alpha value is -1.88. The highest BCUT2D eigenvalue weighted by atomic mass is 16.3. The molecule has 0 aliphatic carbocycles. The highest BCUT2D eigenvalue weighted by molar-refractivity contribution is 5.89. The SMILES string of the molecule is CC(CO)(NC(=O)C1CNC(=O)C1)c1ccccc1. The first-order valence-electron chi connectivity index (χ1n) is 6.30. The molecule has 1 fully saturated rings. The molecule has 0 spiro atoms. The molecule has 1 aromatic carbocycles. The zero-order chi connectivity index (χ0) is 13.9. The molecular weight excluding hydrogens is 244 g/mol. The van der Waals surface area contributed by atoms with Gasteiger partial charge in [-0.2, -0.15) is 0 Å². The minimum absolute atomic E-state index is 0.106. The van der Waals surface area contributed by atoms with Crippen molar-refractivity contribution in [1.82, 2.24) is 10.6 Å². The van der Waals surface area contributed by atoms with Gasteiger partial charge in [0.25, 0.3) is 0 Å². The topological polar surface area (TPSA) is 78.4 Å². The van der Waals surface area contributed by atoms with Crippen LogP contribution in [0.2, 0.25) is 0 Å². The van der Waals surface area contributed by atoms with Crippen LogP contribution in [0.1, 0.15) is 18.9 Å². The van der Waals surface area contributed by atoms with E-state index in [2.05, 4.69) is 10.6 Å². The second-order valence-corrected chi connectivity index (χ2v) is 5.05. The Bertz CT molecular complexity index is 475. The summed E-state index contributed by atoms with van der Waals surface area (Å²) in [4.78, 5) is 23.2. The van der Waals surface area contributed by atoms with Crippen LogP contribution in [-0.4, -0.2) is 30.1 Å². The molecule has 1 saturated heterocycles. The van der Waals surface area contributed by atoms with Crippen molar-refractivity contribution in [2.45, 2.75) is 18.9 Å². The summed E-state index contributed by atoms with van der Waals surface area (Å²) in [5.41, 5.74) is 0.00685. The van der Waals surface area contributed by atoms with Gasteiger partial charge in [0.15, 0.2) is 0 Å². The number of benzene rings is 1. The molecule has 19 heavy (non-hydrogen) atoms. The summed E-state index contributed by atoms with van der Waals surface area (Å²) in [6, 6.07) is 9.30. The number of rotatable bonds is 4. The Morgan fingerprint density at radius 1 is 1.47 bits per heavy atom. The third kappa shape index (κ3) is 2.93. The summed E-state index contributed by atoms with van der Waals surface area (Å²) < 4.78 is 0. The van der Waals surface area contributed by atoms with E-state index in [9.17, 15) is 14.7 Å². The van der Waals surface area contributed by atoms with Crippen molar-refractivity contribution in [1.29, 1.82) is 0 Å². The summed E-state index contributed by atoms with van der Waals surface area (Å²) >= 11 is 0. The van der Waals surface area contributed by atoms with Crippen LogP contribution >= 0.6 is 0 Å². The van der Waals surface area contributed by atoms with Crippen LogP contribution < -0.4 is 10.6 Å². The van der Waals surface area contributed by atoms with E-state index >= 15 is 0 Å². The monoisotopic (exact) mass is 262 g/mol. The van der Waals surface area contributed by atoms with Gasteiger partial charge in [0, 0.05) is 13.0 Å². The van der Waals surface area contributed by atoms with Gasteiger partial charge in [-0.3, -0.25) is 9.59 Å². The molecule has 1 aliphatic rings. The summed E-state index contributed by atoms with van der Waals surface area (Å²) in [5, 5.41) is 15.1. The standard InChI is InChI=1S/C14H18N2O3/c1-14(9-17,11-5-3-2-4-6-11)16-13(19)10-7-12(18)15-8-10/h2-6,10,17H,7-9H2,1H3,(H,15,18)(H,16,19). The first kappa shape index (κ1) is 13.5. The summed E-state index contributed by atoms with van der Waals surface area (Å²) in [6.45, 7) is 1.93. The average molecular weight is 262 g/mol. The van der Waals surface area contributed by atoms with E-state index in [0.29, 0.717) is 6.54 Å². The van der Waals surface area contributed by atoms with E-state index < -0.39 is 5.54 Å². The Morgan fingerprint density at radius 3 is 2.68 bits per heavy atom. The molecule has 1 aliphatic heterocycles. The van der Waals surface area contributed by atoms with Gasteiger partial charge in [0.1, 0.15) is 0 Å². The lowest BCUT2D eigenvalue weighted by molar-refractivity contribution is -0.128. The molecule has 0 bridgehead atoms. The number of hydrogen-bond acceptors (Lipinski definition) is 3. The average Bonchev–Trinajstić information content (AvgIpc) is 2.86. The highest BCUT2D eigenvalue weighted by Gasteiger charge is 2.34. The zero-order valence-corrected chi connectivity index (χ0v) is 10.8. The largest absolute Gasteiger partial charge is 0.394 e. The molecule has 1 heterocycles. The van der Waals surface area contributed by atoms with Gasteiger partial charge in [0.2, 0.25) is 11.8 Å². The van der Waals surface area contributed by atoms with Gasteiger partial charge < -0.3 is 15.7 Å². The Kier molecular flexibility index (Phi) is 3.85. The molecule has 2 unspecified atom stereocenters. The third-order valence-corrected chi connectivity index (χ3v) is 3.47. The lowest BCUT2D eigenvalue weighted by Gasteiger charge is -2.30.